The highest BCUT2D eigenvalue weighted by Gasteiger charge is 2.35. The van der Waals surface area contributed by atoms with E-state index in [-0.39, 0.29) is 5.56 Å². The lowest BCUT2D eigenvalue weighted by molar-refractivity contribution is -0.138. The first-order chi connectivity index (χ1) is 9.97. The van der Waals surface area contributed by atoms with Gasteiger partial charge in [-0.25, -0.2) is 0 Å². The third kappa shape index (κ3) is 3.30. The first kappa shape index (κ1) is 15.2. The molecule has 2 rings (SSSR count). The molecule has 1 aromatic carbocycles. The molecule has 112 valence electrons. The third-order valence-corrected chi connectivity index (χ3v) is 3.03. The summed E-state index contributed by atoms with van der Waals surface area (Å²) in [7, 11) is 3.02. The number of rotatable bonds is 4. The van der Waals surface area contributed by atoms with E-state index in [1.807, 2.05) is 0 Å². The molecule has 0 aliphatic heterocycles. The molecule has 1 aromatic heterocycles. The Bertz CT molecular complexity index is 599. The van der Waals surface area contributed by atoms with Crippen molar-refractivity contribution in [3.05, 3.63) is 53.2 Å². The smallest absolute Gasteiger partial charge is 0.416 e. The summed E-state index contributed by atoms with van der Waals surface area (Å²) in [4.78, 5) is 0. The predicted molar refractivity (Wildman–Crippen MR) is 70.9 cm³/mol. The Morgan fingerprint density at radius 2 is 1.81 bits per heavy atom. The van der Waals surface area contributed by atoms with Crippen LogP contribution < -0.4 is 10.1 Å². The third-order valence-electron chi connectivity index (χ3n) is 3.03. The number of alkyl halides is 3. The van der Waals surface area contributed by atoms with E-state index in [4.69, 9.17) is 4.74 Å². The summed E-state index contributed by atoms with van der Waals surface area (Å²) in [6, 6.07) is 7.83. The van der Waals surface area contributed by atoms with Crippen LogP contribution in [-0.4, -0.2) is 24.4 Å². The number of ether oxygens (including phenoxy) is 1. The van der Waals surface area contributed by atoms with Crippen LogP contribution >= 0.6 is 0 Å². The summed E-state index contributed by atoms with van der Waals surface area (Å²) < 4.78 is 44.2. The van der Waals surface area contributed by atoms with Gasteiger partial charge in [0, 0.05) is 6.07 Å². The monoisotopic (exact) mass is 297 g/mol. The van der Waals surface area contributed by atoms with Crippen molar-refractivity contribution < 1.29 is 17.9 Å². The van der Waals surface area contributed by atoms with Gasteiger partial charge < -0.3 is 10.1 Å². The summed E-state index contributed by atoms with van der Waals surface area (Å²) >= 11 is 0. The average Bonchev–Trinajstić information content (AvgIpc) is 2.48. The molecule has 4 nitrogen and oxygen atoms in total. The van der Waals surface area contributed by atoms with E-state index in [1.165, 1.54) is 19.2 Å². The van der Waals surface area contributed by atoms with Crippen LogP contribution in [0.25, 0.3) is 0 Å². The molecule has 1 unspecified atom stereocenters. The van der Waals surface area contributed by atoms with Crippen molar-refractivity contribution in [2.45, 2.75) is 12.2 Å². The Balaban J connectivity index is 2.46. The van der Waals surface area contributed by atoms with Crippen molar-refractivity contribution in [1.29, 1.82) is 0 Å². The van der Waals surface area contributed by atoms with Crippen molar-refractivity contribution in [3.8, 4) is 5.88 Å². The first-order valence-corrected chi connectivity index (χ1v) is 6.18. The summed E-state index contributed by atoms with van der Waals surface area (Å²) in [6.45, 7) is 0. The molecule has 1 heterocycles. The maximum absolute atomic E-state index is 13.1. The topological polar surface area (TPSA) is 47.0 Å². The van der Waals surface area contributed by atoms with Crippen molar-refractivity contribution in [1.82, 2.24) is 15.5 Å². The van der Waals surface area contributed by atoms with Crippen LogP contribution in [-0.2, 0) is 6.18 Å². The lowest BCUT2D eigenvalue weighted by atomic mass is 9.97. The molecule has 0 saturated heterocycles. The van der Waals surface area contributed by atoms with E-state index in [9.17, 15) is 13.2 Å². The normalized spacial score (nSPS) is 13.0. The Morgan fingerprint density at radius 3 is 2.33 bits per heavy atom. The number of aromatic nitrogens is 2. The predicted octanol–water partition coefficient (Wildman–Crippen LogP) is 2.81. The molecular weight excluding hydrogens is 283 g/mol. The Morgan fingerprint density at radius 1 is 1.10 bits per heavy atom. The average molecular weight is 297 g/mol. The summed E-state index contributed by atoms with van der Waals surface area (Å²) in [5.74, 6) is 0.303. The van der Waals surface area contributed by atoms with Crippen LogP contribution in [0.5, 0.6) is 5.88 Å². The fourth-order valence-corrected chi connectivity index (χ4v) is 2.06. The molecule has 1 atom stereocenters. The largest absolute Gasteiger partial charge is 0.480 e. The molecule has 0 aliphatic carbocycles. The van der Waals surface area contributed by atoms with Gasteiger partial charge in [0.1, 0.15) is 0 Å². The van der Waals surface area contributed by atoms with Crippen molar-refractivity contribution in [3.63, 3.8) is 0 Å². The zero-order valence-electron chi connectivity index (χ0n) is 11.5. The van der Waals surface area contributed by atoms with E-state index in [2.05, 4.69) is 15.5 Å². The van der Waals surface area contributed by atoms with Gasteiger partial charge in [-0.1, -0.05) is 18.2 Å². The van der Waals surface area contributed by atoms with Gasteiger partial charge in [-0.2, -0.15) is 13.2 Å². The minimum absolute atomic E-state index is 0.104. The Labute approximate surface area is 120 Å². The standard InChI is InChI=1S/C14H14F3N3O/c1-18-13(11-7-8-12(21-2)20-19-11)9-5-3-4-6-10(9)14(15,16)17/h3-8,13,18H,1-2H3. The molecule has 0 amide bonds. The maximum atomic E-state index is 13.1. The van der Waals surface area contributed by atoms with Crippen LogP contribution in [0.4, 0.5) is 13.2 Å². The highest BCUT2D eigenvalue weighted by Crippen LogP contribution is 2.35. The molecule has 0 saturated carbocycles. The molecule has 21 heavy (non-hydrogen) atoms. The lowest BCUT2D eigenvalue weighted by Crippen LogP contribution is -2.23. The number of hydrogen-bond acceptors (Lipinski definition) is 4. The van der Waals surface area contributed by atoms with E-state index in [0.29, 0.717) is 11.6 Å². The maximum Gasteiger partial charge on any atom is 0.416 e. The van der Waals surface area contributed by atoms with Gasteiger partial charge >= 0.3 is 6.18 Å². The van der Waals surface area contributed by atoms with E-state index in [1.54, 1.807) is 25.2 Å². The summed E-state index contributed by atoms with van der Waals surface area (Å²) in [5, 5.41) is 10.5. The van der Waals surface area contributed by atoms with Gasteiger partial charge in [0.2, 0.25) is 5.88 Å². The molecule has 2 aromatic rings. The van der Waals surface area contributed by atoms with E-state index < -0.39 is 17.8 Å². The number of nitrogens with one attached hydrogen (secondary N) is 1. The first-order valence-electron chi connectivity index (χ1n) is 6.18. The molecular formula is C14H14F3N3O. The lowest BCUT2D eigenvalue weighted by Gasteiger charge is -2.20. The van der Waals surface area contributed by atoms with Gasteiger partial charge in [-0.15, -0.1) is 10.2 Å². The van der Waals surface area contributed by atoms with Gasteiger partial charge in [-0.05, 0) is 24.7 Å². The molecule has 0 fully saturated rings. The minimum atomic E-state index is -4.43. The zero-order chi connectivity index (χ0) is 15.5. The highest BCUT2D eigenvalue weighted by atomic mass is 19.4. The van der Waals surface area contributed by atoms with Crippen molar-refractivity contribution in [2.75, 3.05) is 14.2 Å². The zero-order valence-corrected chi connectivity index (χ0v) is 11.5. The number of halogens is 3. The molecule has 1 N–H and O–H groups in total. The van der Waals surface area contributed by atoms with E-state index in [0.717, 1.165) is 6.07 Å². The molecule has 0 spiro atoms. The van der Waals surface area contributed by atoms with E-state index >= 15 is 0 Å². The van der Waals surface area contributed by atoms with Crippen LogP contribution in [0.2, 0.25) is 0 Å². The SMILES string of the molecule is CNC(c1ccc(OC)nn1)c1ccccc1C(F)(F)F. The number of benzene rings is 1. The van der Waals surface area contributed by atoms with Crippen LogP contribution in [0.3, 0.4) is 0 Å². The second-order valence-corrected chi connectivity index (χ2v) is 4.31. The number of methoxy groups -OCH3 is 1. The van der Waals surface area contributed by atoms with Crippen molar-refractivity contribution in [2.24, 2.45) is 0 Å². The quantitative estimate of drug-likeness (QED) is 0.942. The van der Waals surface area contributed by atoms with Gasteiger partial charge in [0.25, 0.3) is 0 Å². The van der Waals surface area contributed by atoms with Gasteiger partial charge in [0.05, 0.1) is 24.4 Å². The van der Waals surface area contributed by atoms with Gasteiger partial charge in [0.15, 0.2) is 0 Å². The highest BCUT2D eigenvalue weighted by molar-refractivity contribution is 5.37. The van der Waals surface area contributed by atoms with Crippen LogP contribution in [0.1, 0.15) is 22.9 Å². The molecule has 7 heteroatoms. The van der Waals surface area contributed by atoms with Crippen molar-refractivity contribution >= 4 is 0 Å². The Hall–Kier alpha value is -2.15. The second-order valence-electron chi connectivity index (χ2n) is 4.31. The van der Waals surface area contributed by atoms with Gasteiger partial charge in [-0.3, -0.25) is 0 Å². The number of nitrogens with zero attached hydrogens (tertiary/aromatic N) is 2. The summed E-state index contributed by atoms with van der Waals surface area (Å²) in [5.41, 5.74) is -0.205. The fourth-order valence-electron chi connectivity index (χ4n) is 2.06. The second kappa shape index (κ2) is 6.09. The summed E-state index contributed by atoms with van der Waals surface area (Å²) in [6.07, 6.45) is -4.43. The number of hydrogen-bond donors (Lipinski definition) is 1. The van der Waals surface area contributed by atoms with Crippen LogP contribution in [0.15, 0.2) is 36.4 Å². The molecule has 0 bridgehead atoms. The minimum Gasteiger partial charge on any atom is -0.480 e. The Kier molecular flexibility index (Phi) is 4.42. The molecule has 0 radical (unpaired) electrons. The fraction of sp³-hybridized carbons (Fsp3) is 0.286. The molecule has 0 aliphatic rings. The van der Waals surface area contributed by atoms with Crippen LogP contribution in [0, 0.1) is 0 Å².